The summed E-state index contributed by atoms with van der Waals surface area (Å²) >= 11 is 0. The molecule has 3 nitrogen and oxygen atoms in total. The molecule has 3 aliphatic rings. The molecular formula is C20H25NO2. The maximum Gasteiger partial charge on any atom is 0.146 e. The number of aldehydes is 1. The van der Waals surface area contributed by atoms with E-state index in [1.54, 1.807) is 0 Å². The van der Waals surface area contributed by atoms with Crippen LogP contribution in [0.25, 0.3) is 0 Å². The van der Waals surface area contributed by atoms with Crippen LogP contribution in [0.3, 0.4) is 0 Å². The van der Waals surface area contributed by atoms with Gasteiger partial charge in [0.1, 0.15) is 12.1 Å². The first-order chi connectivity index (χ1) is 10.9. The molecule has 0 bridgehead atoms. The van der Waals surface area contributed by atoms with Gasteiger partial charge in [-0.3, -0.25) is 9.59 Å². The van der Waals surface area contributed by atoms with E-state index >= 15 is 0 Å². The smallest absolute Gasteiger partial charge is 0.146 e. The Labute approximate surface area is 138 Å². The lowest BCUT2D eigenvalue weighted by atomic mass is 9.54. The van der Waals surface area contributed by atoms with Gasteiger partial charge in [-0.1, -0.05) is 32.4 Å². The molecule has 0 aliphatic heterocycles. The molecule has 3 aliphatic carbocycles. The molecule has 3 heteroatoms. The van der Waals surface area contributed by atoms with Gasteiger partial charge in [-0.25, -0.2) is 0 Å². The first-order valence-electron chi connectivity index (χ1n) is 8.70. The van der Waals surface area contributed by atoms with Gasteiger partial charge in [0.15, 0.2) is 0 Å². The SMILES string of the molecule is CC(C)C1=C2[C@@H]3CC=C(C=O)CC(=O)[C@@]3(C)CC[C@]2(C#N)CC1. The minimum atomic E-state index is -0.429. The average molecular weight is 311 g/mol. The van der Waals surface area contributed by atoms with Gasteiger partial charge < -0.3 is 0 Å². The van der Waals surface area contributed by atoms with Crippen molar-refractivity contribution in [2.45, 2.75) is 59.3 Å². The molecule has 122 valence electrons. The van der Waals surface area contributed by atoms with Gasteiger partial charge in [-0.15, -0.1) is 0 Å². The highest BCUT2D eigenvalue weighted by Crippen LogP contribution is 2.62. The molecular weight excluding hydrogens is 286 g/mol. The Morgan fingerprint density at radius 3 is 2.70 bits per heavy atom. The third-order valence-electron chi connectivity index (χ3n) is 6.55. The van der Waals surface area contributed by atoms with Crippen LogP contribution < -0.4 is 0 Å². The van der Waals surface area contributed by atoms with E-state index in [1.165, 1.54) is 11.1 Å². The van der Waals surface area contributed by atoms with Crippen LogP contribution in [0.4, 0.5) is 0 Å². The van der Waals surface area contributed by atoms with Crippen LogP contribution in [0.5, 0.6) is 0 Å². The summed E-state index contributed by atoms with van der Waals surface area (Å²) < 4.78 is 0. The van der Waals surface area contributed by atoms with Gasteiger partial charge >= 0.3 is 0 Å². The number of nitrogens with zero attached hydrogens (tertiary/aromatic N) is 1. The molecule has 23 heavy (non-hydrogen) atoms. The zero-order valence-corrected chi connectivity index (χ0v) is 14.3. The predicted molar refractivity (Wildman–Crippen MR) is 88.4 cm³/mol. The Morgan fingerprint density at radius 1 is 1.35 bits per heavy atom. The normalized spacial score (nSPS) is 36.9. The fourth-order valence-corrected chi connectivity index (χ4v) is 5.01. The first kappa shape index (κ1) is 16.2. The number of rotatable bonds is 2. The quantitative estimate of drug-likeness (QED) is 0.568. The van der Waals surface area contributed by atoms with Crippen molar-refractivity contribution in [3.63, 3.8) is 0 Å². The summed E-state index contributed by atoms with van der Waals surface area (Å²) in [5.41, 5.74) is 2.45. The van der Waals surface area contributed by atoms with Crippen LogP contribution >= 0.6 is 0 Å². The highest BCUT2D eigenvalue weighted by atomic mass is 16.1. The van der Waals surface area contributed by atoms with E-state index in [1.807, 2.05) is 6.08 Å². The number of fused-ring (bicyclic) bond motifs is 3. The molecule has 0 aromatic heterocycles. The summed E-state index contributed by atoms with van der Waals surface area (Å²) in [5, 5.41) is 9.92. The molecule has 1 saturated carbocycles. The number of hydrogen-bond acceptors (Lipinski definition) is 3. The van der Waals surface area contributed by atoms with Crippen LogP contribution in [-0.4, -0.2) is 12.1 Å². The summed E-state index contributed by atoms with van der Waals surface area (Å²) in [7, 11) is 0. The molecule has 0 amide bonds. The van der Waals surface area contributed by atoms with E-state index in [4.69, 9.17) is 0 Å². The highest BCUT2D eigenvalue weighted by Gasteiger charge is 2.56. The maximum absolute atomic E-state index is 12.9. The van der Waals surface area contributed by atoms with Gasteiger partial charge in [0.05, 0.1) is 11.5 Å². The summed E-state index contributed by atoms with van der Waals surface area (Å²) in [5.74, 6) is 0.670. The van der Waals surface area contributed by atoms with E-state index in [-0.39, 0.29) is 23.5 Å². The zero-order valence-electron chi connectivity index (χ0n) is 14.3. The molecule has 0 unspecified atom stereocenters. The zero-order chi connectivity index (χ0) is 16.8. The van der Waals surface area contributed by atoms with Gasteiger partial charge in [0.2, 0.25) is 0 Å². The second-order valence-corrected chi connectivity index (χ2v) is 7.99. The molecule has 0 saturated heterocycles. The topological polar surface area (TPSA) is 57.9 Å². The molecule has 0 aromatic carbocycles. The summed E-state index contributed by atoms with van der Waals surface area (Å²) in [6.45, 7) is 6.44. The standard InChI is InChI=1S/C20H25NO2/c1-13(2)15-6-7-20(12-21)9-8-19(3)16(18(15)20)5-4-14(11-22)10-17(19)23/h4,11,13,16H,5-10H2,1-3H3/t16-,19-,20-/m0/s1. The van der Waals surface area contributed by atoms with Crippen molar-refractivity contribution in [3.05, 3.63) is 22.8 Å². The molecule has 0 heterocycles. The monoisotopic (exact) mass is 311 g/mol. The number of Topliss-reactive ketones (excluding diaryl/α,β-unsaturated/α-hetero) is 1. The number of allylic oxidation sites excluding steroid dienone is 4. The van der Waals surface area contributed by atoms with Crippen molar-refractivity contribution in [2.75, 3.05) is 0 Å². The van der Waals surface area contributed by atoms with Crippen molar-refractivity contribution >= 4 is 12.1 Å². The third-order valence-corrected chi connectivity index (χ3v) is 6.55. The molecule has 0 radical (unpaired) electrons. The Balaban J connectivity index is 2.17. The second kappa shape index (κ2) is 5.44. The Kier molecular flexibility index (Phi) is 3.83. The minimum absolute atomic E-state index is 0.0840. The van der Waals surface area contributed by atoms with Crippen LogP contribution in [-0.2, 0) is 9.59 Å². The van der Waals surface area contributed by atoms with E-state index in [0.29, 0.717) is 17.9 Å². The highest BCUT2D eigenvalue weighted by molar-refractivity contribution is 5.93. The first-order valence-corrected chi connectivity index (χ1v) is 8.70. The van der Waals surface area contributed by atoms with Gasteiger partial charge in [-0.2, -0.15) is 5.26 Å². The minimum Gasteiger partial charge on any atom is -0.299 e. The fraction of sp³-hybridized carbons (Fsp3) is 0.650. The Bertz CT molecular complexity index is 664. The van der Waals surface area contributed by atoms with Crippen LogP contribution in [0, 0.1) is 34.0 Å². The summed E-state index contributed by atoms with van der Waals surface area (Å²) in [6, 6.07) is 2.62. The fourth-order valence-electron chi connectivity index (χ4n) is 5.01. The molecule has 0 N–H and O–H groups in total. The lowest BCUT2D eigenvalue weighted by Crippen LogP contribution is -2.45. The second-order valence-electron chi connectivity index (χ2n) is 7.99. The van der Waals surface area contributed by atoms with E-state index in [0.717, 1.165) is 32.0 Å². The van der Waals surface area contributed by atoms with Crippen molar-refractivity contribution in [1.82, 2.24) is 0 Å². The number of carbonyl (C=O) groups is 2. The summed E-state index contributed by atoms with van der Waals surface area (Å²) in [4.78, 5) is 24.1. The Morgan fingerprint density at radius 2 is 2.09 bits per heavy atom. The maximum atomic E-state index is 12.9. The van der Waals surface area contributed by atoms with Crippen molar-refractivity contribution < 1.29 is 9.59 Å². The number of carbonyl (C=O) groups excluding carboxylic acids is 2. The van der Waals surface area contributed by atoms with Gasteiger partial charge in [0.25, 0.3) is 0 Å². The van der Waals surface area contributed by atoms with E-state index in [9.17, 15) is 14.9 Å². The number of hydrogen-bond donors (Lipinski definition) is 0. The van der Waals surface area contributed by atoms with E-state index < -0.39 is 5.41 Å². The van der Waals surface area contributed by atoms with Gasteiger partial charge in [-0.05, 0) is 55.1 Å². The third kappa shape index (κ3) is 2.23. The molecule has 0 aromatic rings. The molecule has 3 atom stereocenters. The number of ketones is 1. The molecule has 1 fully saturated rings. The predicted octanol–water partition coefficient (Wildman–Crippen LogP) is 4.15. The average Bonchev–Trinajstić information content (AvgIpc) is 2.87. The van der Waals surface area contributed by atoms with Crippen LogP contribution in [0.2, 0.25) is 0 Å². The van der Waals surface area contributed by atoms with Crippen molar-refractivity contribution in [1.29, 1.82) is 5.26 Å². The molecule has 3 rings (SSSR count). The van der Waals surface area contributed by atoms with Crippen molar-refractivity contribution in [2.24, 2.45) is 22.7 Å². The lowest BCUT2D eigenvalue weighted by molar-refractivity contribution is -0.131. The van der Waals surface area contributed by atoms with Gasteiger partial charge in [0, 0.05) is 11.8 Å². The largest absolute Gasteiger partial charge is 0.299 e. The Hall–Kier alpha value is -1.69. The van der Waals surface area contributed by atoms with Crippen LogP contribution in [0.1, 0.15) is 59.3 Å². The molecule has 0 spiro atoms. The number of nitriles is 1. The summed E-state index contributed by atoms with van der Waals surface area (Å²) in [6.07, 6.45) is 7.15. The lowest BCUT2D eigenvalue weighted by Gasteiger charge is -2.47. The van der Waals surface area contributed by atoms with E-state index in [2.05, 4.69) is 26.8 Å². The van der Waals surface area contributed by atoms with Crippen molar-refractivity contribution in [3.8, 4) is 6.07 Å². The van der Waals surface area contributed by atoms with Crippen LogP contribution in [0.15, 0.2) is 22.8 Å².